The van der Waals surface area contributed by atoms with E-state index >= 15 is 0 Å². The summed E-state index contributed by atoms with van der Waals surface area (Å²) in [5.41, 5.74) is 2.59. The fourth-order valence-electron chi connectivity index (χ4n) is 3.86. The van der Waals surface area contributed by atoms with Crippen molar-refractivity contribution < 1.29 is 9.59 Å². The number of H-pyrrole nitrogens is 1. The fourth-order valence-corrected chi connectivity index (χ4v) is 4.71. The van der Waals surface area contributed by atoms with E-state index in [4.69, 9.17) is 0 Å². The summed E-state index contributed by atoms with van der Waals surface area (Å²) in [5.74, 6) is 0.0600. The van der Waals surface area contributed by atoms with Gasteiger partial charge in [-0.15, -0.1) is 11.3 Å². The van der Waals surface area contributed by atoms with Crippen molar-refractivity contribution in [2.75, 3.05) is 0 Å². The molecule has 0 bridgehead atoms. The van der Waals surface area contributed by atoms with Gasteiger partial charge in [-0.2, -0.15) is 5.10 Å². The zero-order valence-corrected chi connectivity index (χ0v) is 16.9. The molecule has 1 aliphatic heterocycles. The lowest BCUT2D eigenvalue weighted by Crippen LogP contribution is -2.44. The topological polar surface area (TPSA) is 86.9 Å². The molecule has 29 heavy (non-hydrogen) atoms. The van der Waals surface area contributed by atoms with Gasteiger partial charge < -0.3 is 10.6 Å². The maximum Gasteiger partial charge on any atom is 0.220 e. The van der Waals surface area contributed by atoms with Gasteiger partial charge in [0.05, 0.1) is 11.9 Å². The monoisotopic (exact) mass is 408 g/mol. The number of thiophene rings is 1. The molecule has 1 saturated heterocycles. The number of nitrogens with zero attached hydrogens (tertiary/aromatic N) is 1. The SMILES string of the molecule is O=C(CCC1(Cc2cccs2)CCC(=O)N1)NCc1cn[nH]c1-c1ccccc1. The Morgan fingerprint density at radius 2 is 2.07 bits per heavy atom. The molecule has 3 aromatic rings. The van der Waals surface area contributed by atoms with E-state index in [1.807, 2.05) is 41.8 Å². The van der Waals surface area contributed by atoms with Crippen LogP contribution in [0, 0.1) is 0 Å². The standard InChI is InChI=1S/C22H24N4O2S/c27-19(23-14-17-15-24-26-21(17)16-5-2-1-3-6-16)8-10-22(11-9-20(28)25-22)13-18-7-4-12-29-18/h1-7,12,15H,8-11,13-14H2,(H,23,27)(H,24,26)(H,25,28). The lowest BCUT2D eigenvalue weighted by atomic mass is 9.87. The summed E-state index contributed by atoms with van der Waals surface area (Å²) in [6.45, 7) is 0.420. The lowest BCUT2D eigenvalue weighted by Gasteiger charge is -2.28. The number of carbonyl (C=O) groups is 2. The molecule has 6 nitrogen and oxygen atoms in total. The first-order valence-corrected chi connectivity index (χ1v) is 10.7. The minimum Gasteiger partial charge on any atom is -0.352 e. The number of benzene rings is 1. The lowest BCUT2D eigenvalue weighted by molar-refractivity contribution is -0.122. The van der Waals surface area contributed by atoms with Gasteiger partial charge in [0, 0.05) is 41.8 Å². The molecule has 0 aliphatic carbocycles. The van der Waals surface area contributed by atoms with E-state index in [1.165, 1.54) is 4.88 Å². The molecular weight excluding hydrogens is 384 g/mol. The Bertz CT molecular complexity index is 968. The first-order valence-electron chi connectivity index (χ1n) is 9.81. The van der Waals surface area contributed by atoms with Crippen LogP contribution in [0.5, 0.6) is 0 Å². The van der Waals surface area contributed by atoms with Gasteiger partial charge in [-0.3, -0.25) is 14.7 Å². The molecule has 4 rings (SSSR count). The number of carbonyl (C=O) groups excluding carboxylic acids is 2. The molecule has 0 radical (unpaired) electrons. The van der Waals surface area contributed by atoms with Crippen molar-refractivity contribution in [3.05, 3.63) is 64.5 Å². The van der Waals surface area contributed by atoms with E-state index in [-0.39, 0.29) is 17.4 Å². The summed E-state index contributed by atoms with van der Waals surface area (Å²) >= 11 is 1.69. The zero-order valence-electron chi connectivity index (χ0n) is 16.1. The average molecular weight is 409 g/mol. The molecule has 2 amide bonds. The van der Waals surface area contributed by atoms with Crippen LogP contribution in [-0.4, -0.2) is 27.6 Å². The van der Waals surface area contributed by atoms with Crippen LogP contribution >= 0.6 is 11.3 Å². The van der Waals surface area contributed by atoms with E-state index in [2.05, 4.69) is 26.9 Å². The number of hydrogen-bond donors (Lipinski definition) is 3. The van der Waals surface area contributed by atoms with Gasteiger partial charge in [0.1, 0.15) is 0 Å². The van der Waals surface area contributed by atoms with E-state index < -0.39 is 0 Å². The number of aromatic amines is 1. The van der Waals surface area contributed by atoms with Crippen molar-refractivity contribution >= 4 is 23.2 Å². The first kappa shape index (κ1) is 19.4. The molecule has 1 atom stereocenters. The van der Waals surface area contributed by atoms with Gasteiger partial charge in [-0.1, -0.05) is 36.4 Å². The van der Waals surface area contributed by atoms with E-state index in [9.17, 15) is 9.59 Å². The van der Waals surface area contributed by atoms with Gasteiger partial charge >= 0.3 is 0 Å². The average Bonchev–Trinajstić information content (AvgIpc) is 3.48. The summed E-state index contributed by atoms with van der Waals surface area (Å²) < 4.78 is 0. The van der Waals surface area contributed by atoms with E-state index in [1.54, 1.807) is 17.5 Å². The fraction of sp³-hybridized carbons (Fsp3) is 0.318. The van der Waals surface area contributed by atoms with E-state index in [0.717, 1.165) is 29.7 Å². The van der Waals surface area contributed by atoms with Crippen LogP contribution in [0.4, 0.5) is 0 Å². The van der Waals surface area contributed by atoms with Crippen LogP contribution in [0.15, 0.2) is 54.0 Å². The maximum absolute atomic E-state index is 12.5. The Morgan fingerprint density at radius 3 is 2.79 bits per heavy atom. The zero-order chi connectivity index (χ0) is 20.1. The van der Waals surface area contributed by atoms with Gasteiger partial charge in [0.2, 0.25) is 11.8 Å². The molecule has 2 aromatic heterocycles. The number of hydrogen-bond acceptors (Lipinski definition) is 4. The minimum absolute atomic E-state index is 0.0167. The number of nitrogens with one attached hydrogen (secondary N) is 3. The highest BCUT2D eigenvalue weighted by atomic mass is 32.1. The van der Waals surface area contributed by atoms with Crippen LogP contribution < -0.4 is 10.6 Å². The van der Waals surface area contributed by atoms with Crippen LogP contribution in [-0.2, 0) is 22.6 Å². The quantitative estimate of drug-likeness (QED) is 0.534. The Hall–Kier alpha value is -2.93. The van der Waals surface area contributed by atoms with Gasteiger partial charge in [-0.25, -0.2) is 0 Å². The number of rotatable bonds is 8. The van der Waals surface area contributed by atoms with Crippen LogP contribution in [0.1, 0.15) is 36.1 Å². The third-order valence-electron chi connectivity index (χ3n) is 5.41. The highest BCUT2D eigenvalue weighted by molar-refractivity contribution is 7.09. The minimum atomic E-state index is -0.315. The molecular formula is C22H24N4O2S. The molecule has 0 saturated carbocycles. The van der Waals surface area contributed by atoms with Crippen molar-refractivity contribution in [3.63, 3.8) is 0 Å². The summed E-state index contributed by atoms with van der Waals surface area (Å²) in [5, 5.41) is 15.3. The van der Waals surface area contributed by atoms with Gasteiger partial charge in [-0.05, 0) is 29.9 Å². The molecule has 3 heterocycles. The van der Waals surface area contributed by atoms with Crippen molar-refractivity contribution in [2.24, 2.45) is 0 Å². The molecule has 0 spiro atoms. The van der Waals surface area contributed by atoms with Crippen LogP contribution in [0.2, 0.25) is 0 Å². The molecule has 3 N–H and O–H groups in total. The second-order valence-corrected chi connectivity index (χ2v) is 8.53. The highest BCUT2D eigenvalue weighted by Gasteiger charge is 2.38. The Morgan fingerprint density at radius 1 is 1.21 bits per heavy atom. The smallest absolute Gasteiger partial charge is 0.220 e. The van der Waals surface area contributed by atoms with Gasteiger partial charge in [0.25, 0.3) is 0 Å². The van der Waals surface area contributed by atoms with Crippen molar-refractivity contribution in [1.82, 2.24) is 20.8 Å². The molecule has 7 heteroatoms. The number of aromatic nitrogens is 2. The van der Waals surface area contributed by atoms with Gasteiger partial charge in [0.15, 0.2) is 0 Å². The predicted octanol–water partition coefficient (Wildman–Crippen LogP) is 3.43. The maximum atomic E-state index is 12.5. The normalized spacial score (nSPS) is 18.6. The van der Waals surface area contributed by atoms with E-state index in [0.29, 0.717) is 25.8 Å². The molecule has 1 aromatic carbocycles. The molecule has 1 unspecified atom stereocenters. The Balaban J connectivity index is 1.34. The van der Waals surface area contributed by atoms with Crippen molar-refractivity contribution in [3.8, 4) is 11.3 Å². The third kappa shape index (κ3) is 4.74. The second-order valence-electron chi connectivity index (χ2n) is 7.50. The van der Waals surface area contributed by atoms with Crippen molar-refractivity contribution in [2.45, 2.75) is 44.2 Å². The summed E-state index contributed by atoms with van der Waals surface area (Å²) in [4.78, 5) is 25.6. The molecule has 1 fully saturated rings. The van der Waals surface area contributed by atoms with Crippen LogP contribution in [0.25, 0.3) is 11.3 Å². The first-order chi connectivity index (χ1) is 14.1. The Kier molecular flexibility index (Phi) is 5.76. The number of amides is 2. The molecule has 150 valence electrons. The van der Waals surface area contributed by atoms with Crippen molar-refractivity contribution in [1.29, 1.82) is 0 Å². The summed E-state index contributed by atoms with van der Waals surface area (Å²) in [7, 11) is 0. The Labute approximate surface area is 173 Å². The predicted molar refractivity (Wildman–Crippen MR) is 113 cm³/mol. The second kappa shape index (κ2) is 8.61. The van der Waals surface area contributed by atoms with Crippen LogP contribution in [0.3, 0.4) is 0 Å². The molecule has 1 aliphatic rings. The largest absolute Gasteiger partial charge is 0.352 e. The third-order valence-corrected chi connectivity index (χ3v) is 6.29. The summed E-state index contributed by atoms with van der Waals surface area (Å²) in [6.07, 6.45) is 4.85. The summed E-state index contributed by atoms with van der Waals surface area (Å²) in [6, 6.07) is 14.0. The highest BCUT2D eigenvalue weighted by Crippen LogP contribution is 2.31.